The largest absolute Gasteiger partial charge is 0.497 e. The molecule has 1 aromatic heterocycles. The summed E-state index contributed by atoms with van der Waals surface area (Å²) >= 11 is 1.48. The van der Waals surface area contributed by atoms with Gasteiger partial charge in [-0.3, -0.25) is 4.79 Å². The molecule has 0 bridgehead atoms. The van der Waals surface area contributed by atoms with Gasteiger partial charge in [0.05, 0.1) is 18.2 Å². The first-order valence-corrected chi connectivity index (χ1v) is 8.00. The molecule has 126 valence electrons. The Hall–Kier alpha value is -1.63. The second-order valence-corrected chi connectivity index (χ2v) is 5.97. The SMILES string of the molecule is COc1ccc(C(C)N(C)C(=O)c2csc(CCN)n2)cc1.Cl. The molecule has 0 aliphatic rings. The van der Waals surface area contributed by atoms with Crippen molar-refractivity contribution in [3.8, 4) is 5.75 Å². The first-order chi connectivity index (χ1) is 10.6. The number of thiazole rings is 1. The number of methoxy groups -OCH3 is 1. The van der Waals surface area contributed by atoms with Gasteiger partial charge in [-0.05, 0) is 31.2 Å². The molecule has 0 aliphatic heterocycles. The minimum Gasteiger partial charge on any atom is -0.497 e. The van der Waals surface area contributed by atoms with E-state index < -0.39 is 0 Å². The van der Waals surface area contributed by atoms with Gasteiger partial charge in [0.15, 0.2) is 0 Å². The van der Waals surface area contributed by atoms with Crippen molar-refractivity contribution in [2.75, 3.05) is 20.7 Å². The Morgan fingerprint density at radius 2 is 2.04 bits per heavy atom. The molecule has 2 aromatic rings. The van der Waals surface area contributed by atoms with Gasteiger partial charge >= 0.3 is 0 Å². The second-order valence-electron chi connectivity index (χ2n) is 5.03. The van der Waals surface area contributed by atoms with E-state index in [1.165, 1.54) is 11.3 Å². The molecule has 1 heterocycles. The molecule has 0 spiro atoms. The van der Waals surface area contributed by atoms with Gasteiger partial charge in [0, 0.05) is 18.8 Å². The second kappa shape index (κ2) is 8.86. The molecule has 0 radical (unpaired) electrons. The van der Waals surface area contributed by atoms with E-state index in [0.29, 0.717) is 18.7 Å². The highest BCUT2D eigenvalue weighted by Crippen LogP contribution is 2.23. The molecule has 5 nitrogen and oxygen atoms in total. The number of nitrogens with two attached hydrogens (primary N) is 1. The van der Waals surface area contributed by atoms with E-state index in [-0.39, 0.29) is 24.4 Å². The van der Waals surface area contributed by atoms with E-state index in [0.717, 1.165) is 16.3 Å². The fourth-order valence-corrected chi connectivity index (χ4v) is 2.90. The highest BCUT2D eigenvalue weighted by atomic mass is 35.5. The predicted molar refractivity (Wildman–Crippen MR) is 95.6 cm³/mol. The van der Waals surface area contributed by atoms with Crippen molar-refractivity contribution in [3.05, 3.63) is 45.9 Å². The topological polar surface area (TPSA) is 68.5 Å². The summed E-state index contributed by atoms with van der Waals surface area (Å²) in [5.41, 5.74) is 7.05. The number of nitrogens with zero attached hydrogens (tertiary/aromatic N) is 2. The van der Waals surface area contributed by atoms with Crippen LogP contribution in [0.2, 0.25) is 0 Å². The van der Waals surface area contributed by atoms with Crippen LogP contribution in [-0.4, -0.2) is 36.5 Å². The summed E-state index contributed by atoms with van der Waals surface area (Å²) in [5.74, 6) is 0.721. The van der Waals surface area contributed by atoms with E-state index in [1.807, 2.05) is 31.2 Å². The van der Waals surface area contributed by atoms with E-state index in [4.69, 9.17) is 10.5 Å². The number of carbonyl (C=O) groups is 1. The Kier molecular flexibility index (Phi) is 7.48. The zero-order valence-electron chi connectivity index (χ0n) is 13.5. The molecule has 7 heteroatoms. The molecular weight excluding hydrogens is 334 g/mol. The summed E-state index contributed by atoms with van der Waals surface area (Å²) in [5, 5.41) is 2.70. The normalized spacial score (nSPS) is 11.5. The maximum atomic E-state index is 12.5. The number of aromatic nitrogens is 1. The molecule has 1 atom stereocenters. The van der Waals surface area contributed by atoms with Crippen LogP contribution in [0.1, 0.15) is 34.0 Å². The van der Waals surface area contributed by atoms with Crippen molar-refractivity contribution < 1.29 is 9.53 Å². The quantitative estimate of drug-likeness (QED) is 0.865. The number of hydrogen-bond donors (Lipinski definition) is 1. The Bertz CT molecular complexity index is 631. The number of amides is 1. The van der Waals surface area contributed by atoms with Crippen LogP contribution in [-0.2, 0) is 6.42 Å². The number of hydrogen-bond acceptors (Lipinski definition) is 5. The summed E-state index contributed by atoms with van der Waals surface area (Å²) in [4.78, 5) is 18.6. The summed E-state index contributed by atoms with van der Waals surface area (Å²) in [6, 6.07) is 7.68. The van der Waals surface area contributed by atoms with Crippen molar-refractivity contribution in [3.63, 3.8) is 0 Å². The van der Waals surface area contributed by atoms with Crippen LogP contribution >= 0.6 is 23.7 Å². The van der Waals surface area contributed by atoms with Gasteiger partial charge in [0.25, 0.3) is 5.91 Å². The lowest BCUT2D eigenvalue weighted by molar-refractivity contribution is 0.0737. The Morgan fingerprint density at radius 1 is 1.39 bits per heavy atom. The van der Waals surface area contributed by atoms with Crippen LogP contribution in [0.15, 0.2) is 29.6 Å². The Labute approximate surface area is 146 Å². The smallest absolute Gasteiger partial charge is 0.273 e. The molecule has 1 amide bonds. The maximum absolute atomic E-state index is 12.5. The molecule has 2 N–H and O–H groups in total. The highest BCUT2D eigenvalue weighted by molar-refractivity contribution is 7.09. The molecule has 2 rings (SSSR count). The van der Waals surface area contributed by atoms with Crippen molar-refractivity contribution in [1.82, 2.24) is 9.88 Å². The Morgan fingerprint density at radius 3 is 2.61 bits per heavy atom. The zero-order valence-corrected chi connectivity index (χ0v) is 15.1. The molecule has 0 fully saturated rings. The Balaban J connectivity index is 0.00000264. The third kappa shape index (κ3) is 4.67. The highest BCUT2D eigenvalue weighted by Gasteiger charge is 2.21. The third-order valence-corrected chi connectivity index (χ3v) is 4.54. The first-order valence-electron chi connectivity index (χ1n) is 7.12. The monoisotopic (exact) mass is 355 g/mol. The van der Waals surface area contributed by atoms with Crippen LogP contribution in [0.25, 0.3) is 0 Å². The van der Waals surface area contributed by atoms with Crippen LogP contribution in [0.4, 0.5) is 0 Å². The van der Waals surface area contributed by atoms with Gasteiger partial charge < -0.3 is 15.4 Å². The van der Waals surface area contributed by atoms with E-state index in [9.17, 15) is 4.79 Å². The van der Waals surface area contributed by atoms with E-state index in [1.54, 1.807) is 24.4 Å². The van der Waals surface area contributed by atoms with Gasteiger partial charge in [-0.15, -0.1) is 23.7 Å². The number of carbonyl (C=O) groups excluding carboxylic acids is 1. The predicted octanol–water partition coefficient (Wildman–Crippen LogP) is 2.91. The molecular formula is C16H22ClN3O2S. The number of benzene rings is 1. The molecule has 1 aromatic carbocycles. The summed E-state index contributed by atoms with van der Waals surface area (Å²) in [6.45, 7) is 2.53. The maximum Gasteiger partial charge on any atom is 0.273 e. The fourth-order valence-electron chi connectivity index (χ4n) is 2.11. The molecule has 0 saturated heterocycles. The number of rotatable bonds is 6. The van der Waals surface area contributed by atoms with Gasteiger partial charge in [-0.2, -0.15) is 0 Å². The lowest BCUT2D eigenvalue weighted by Crippen LogP contribution is -2.30. The number of ether oxygens (including phenoxy) is 1. The average Bonchev–Trinajstić information content (AvgIpc) is 3.02. The average molecular weight is 356 g/mol. The van der Waals surface area contributed by atoms with Crippen molar-refractivity contribution >= 4 is 29.7 Å². The number of halogens is 1. The van der Waals surface area contributed by atoms with E-state index in [2.05, 4.69) is 4.98 Å². The van der Waals surface area contributed by atoms with Gasteiger partial charge in [0.1, 0.15) is 11.4 Å². The van der Waals surface area contributed by atoms with E-state index >= 15 is 0 Å². The minimum atomic E-state index is -0.0807. The van der Waals surface area contributed by atoms with Gasteiger partial charge in [0.2, 0.25) is 0 Å². The summed E-state index contributed by atoms with van der Waals surface area (Å²) in [6.07, 6.45) is 0.704. The van der Waals surface area contributed by atoms with Gasteiger partial charge in [-0.1, -0.05) is 12.1 Å². The first kappa shape index (κ1) is 19.4. The molecule has 0 aliphatic carbocycles. The van der Waals surface area contributed by atoms with Gasteiger partial charge in [-0.25, -0.2) is 4.98 Å². The minimum absolute atomic E-state index is 0. The summed E-state index contributed by atoms with van der Waals surface area (Å²) < 4.78 is 5.15. The van der Waals surface area contributed by atoms with Crippen LogP contribution in [0, 0.1) is 0 Å². The lowest BCUT2D eigenvalue weighted by Gasteiger charge is -2.24. The van der Waals surface area contributed by atoms with Crippen molar-refractivity contribution in [1.29, 1.82) is 0 Å². The fraction of sp³-hybridized carbons (Fsp3) is 0.375. The zero-order chi connectivity index (χ0) is 16.1. The standard InChI is InChI=1S/C16H21N3O2S.ClH/c1-11(12-4-6-13(21-3)7-5-12)19(2)16(20)14-10-22-15(18-14)8-9-17;/h4-7,10-11H,8-9,17H2,1-3H3;1H. The van der Waals surface area contributed by atoms with Crippen LogP contribution < -0.4 is 10.5 Å². The van der Waals surface area contributed by atoms with Crippen molar-refractivity contribution in [2.24, 2.45) is 5.73 Å². The van der Waals surface area contributed by atoms with Crippen molar-refractivity contribution in [2.45, 2.75) is 19.4 Å². The van der Waals surface area contributed by atoms with Crippen LogP contribution in [0.5, 0.6) is 5.75 Å². The third-order valence-electron chi connectivity index (χ3n) is 3.63. The lowest BCUT2D eigenvalue weighted by atomic mass is 10.1. The van der Waals surface area contributed by atoms with Crippen LogP contribution in [0.3, 0.4) is 0 Å². The summed E-state index contributed by atoms with van der Waals surface area (Å²) in [7, 11) is 3.43. The molecule has 1 unspecified atom stereocenters. The molecule has 23 heavy (non-hydrogen) atoms. The molecule has 0 saturated carbocycles.